The van der Waals surface area contributed by atoms with Gasteiger partial charge in [0.1, 0.15) is 17.4 Å². The SMILES string of the molecule is Fc1ccc(F)c(CC2=CCN(CCc3[nH]nc4ccccc34)O2)c1. The van der Waals surface area contributed by atoms with Gasteiger partial charge in [-0.3, -0.25) is 5.10 Å². The van der Waals surface area contributed by atoms with E-state index in [1.807, 2.05) is 35.4 Å². The molecule has 25 heavy (non-hydrogen) atoms. The topological polar surface area (TPSA) is 41.2 Å². The zero-order valence-electron chi connectivity index (χ0n) is 13.5. The van der Waals surface area contributed by atoms with Gasteiger partial charge in [-0.15, -0.1) is 5.06 Å². The fourth-order valence-corrected chi connectivity index (χ4v) is 2.99. The molecule has 2 heterocycles. The molecule has 0 radical (unpaired) electrons. The van der Waals surface area contributed by atoms with Gasteiger partial charge in [-0.1, -0.05) is 18.2 Å². The molecule has 0 unspecified atom stereocenters. The summed E-state index contributed by atoms with van der Waals surface area (Å²) < 4.78 is 27.0. The van der Waals surface area contributed by atoms with Crippen LogP contribution in [0.15, 0.2) is 54.3 Å². The Hall–Kier alpha value is -2.73. The third-order valence-electron chi connectivity index (χ3n) is 4.29. The van der Waals surface area contributed by atoms with E-state index in [-0.39, 0.29) is 6.42 Å². The van der Waals surface area contributed by atoms with Crippen LogP contribution in [0.4, 0.5) is 8.78 Å². The monoisotopic (exact) mass is 341 g/mol. The van der Waals surface area contributed by atoms with E-state index >= 15 is 0 Å². The Morgan fingerprint density at radius 3 is 2.96 bits per heavy atom. The second-order valence-corrected chi connectivity index (χ2v) is 6.03. The van der Waals surface area contributed by atoms with E-state index in [1.54, 1.807) is 0 Å². The number of para-hydroxylation sites is 1. The molecule has 2 aromatic carbocycles. The van der Waals surface area contributed by atoms with Gasteiger partial charge in [0.25, 0.3) is 0 Å². The van der Waals surface area contributed by atoms with Crippen LogP contribution in [-0.4, -0.2) is 28.4 Å². The van der Waals surface area contributed by atoms with Gasteiger partial charge in [0.2, 0.25) is 0 Å². The van der Waals surface area contributed by atoms with E-state index in [1.165, 1.54) is 6.07 Å². The van der Waals surface area contributed by atoms with Gasteiger partial charge < -0.3 is 4.84 Å². The maximum Gasteiger partial charge on any atom is 0.127 e. The van der Waals surface area contributed by atoms with Crippen molar-refractivity contribution >= 4 is 10.9 Å². The zero-order chi connectivity index (χ0) is 17.2. The van der Waals surface area contributed by atoms with Crippen LogP contribution in [0.5, 0.6) is 0 Å². The molecule has 0 fully saturated rings. The highest BCUT2D eigenvalue weighted by Gasteiger charge is 2.18. The van der Waals surface area contributed by atoms with Crippen LogP contribution < -0.4 is 0 Å². The molecule has 128 valence electrons. The van der Waals surface area contributed by atoms with Crippen molar-refractivity contribution in [2.45, 2.75) is 12.8 Å². The summed E-state index contributed by atoms with van der Waals surface area (Å²) in [6.07, 6.45) is 2.90. The van der Waals surface area contributed by atoms with Crippen molar-refractivity contribution in [1.82, 2.24) is 15.3 Å². The zero-order valence-corrected chi connectivity index (χ0v) is 13.5. The largest absolute Gasteiger partial charge is 0.410 e. The molecular formula is C19H17F2N3O. The number of aromatic amines is 1. The Kier molecular flexibility index (Phi) is 4.19. The van der Waals surface area contributed by atoms with E-state index in [2.05, 4.69) is 10.2 Å². The second kappa shape index (κ2) is 6.64. The Labute approximate surface area is 143 Å². The Morgan fingerprint density at radius 1 is 1.16 bits per heavy atom. The van der Waals surface area contributed by atoms with Crippen molar-refractivity contribution in [3.8, 4) is 0 Å². The number of benzene rings is 2. The highest BCUT2D eigenvalue weighted by molar-refractivity contribution is 5.81. The number of nitrogens with zero attached hydrogens (tertiary/aromatic N) is 2. The summed E-state index contributed by atoms with van der Waals surface area (Å²) in [7, 11) is 0. The molecule has 4 nitrogen and oxygen atoms in total. The summed E-state index contributed by atoms with van der Waals surface area (Å²) in [5.74, 6) is -0.231. The number of rotatable bonds is 5. The summed E-state index contributed by atoms with van der Waals surface area (Å²) in [6.45, 7) is 1.30. The minimum atomic E-state index is -0.446. The van der Waals surface area contributed by atoms with Gasteiger partial charge in [0.05, 0.1) is 12.1 Å². The highest BCUT2D eigenvalue weighted by atomic mass is 19.1. The van der Waals surface area contributed by atoms with E-state index < -0.39 is 11.6 Å². The van der Waals surface area contributed by atoms with Crippen LogP contribution in [0.25, 0.3) is 10.9 Å². The lowest BCUT2D eigenvalue weighted by molar-refractivity contribution is -0.0916. The molecule has 1 aliphatic heterocycles. The molecule has 1 aromatic heterocycles. The number of H-pyrrole nitrogens is 1. The Bertz CT molecular complexity index is 935. The third kappa shape index (κ3) is 3.39. The average Bonchev–Trinajstić information content (AvgIpc) is 3.23. The van der Waals surface area contributed by atoms with E-state index in [0.29, 0.717) is 24.4 Å². The Balaban J connectivity index is 1.35. The molecule has 0 spiro atoms. The molecule has 1 aliphatic rings. The van der Waals surface area contributed by atoms with Crippen molar-refractivity contribution in [1.29, 1.82) is 0 Å². The normalized spacial score (nSPS) is 14.7. The molecule has 4 rings (SSSR count). The van der Waals surface area contributed by atoms with Crippen LogP contribution in [0.2, 0.25) is 0 Å². The first kappa shape index (κ1) is 15.8. The maximum absolute atomic E-state index is 13.7. The maximum atomic E-state index is 13.7. The van der Waals surface area contributed by atoms with E-state index in [9.17, 15) is 8.78 Å². The highest BCUT2D eigenvalue weighted by Crippen LogP contribution is 2.21. The smallest absolute Gasteiger partial charge is 0.127 e. The molecule has 1 N–H and O–H groups in total. The molecule has 0 saturated carbocycles. The van der Waals surface area contributed by atoms with Crippen molar-refractivity contribution in [3.63, 3.8) is 0 Å². The fraction of sp³-hybridized carbons (Fsp3) is 0.211. The second-order valence-electron chi connectivity index (χ2n) is 6.03. The molecule has 0 aliphatic carbocycles. The number of allylic oxidation sites excluding steroid dienone is 1. The summed E-state index contributed by atoms with van der Waals surface area (Å²) in [6, 6.07) is 11.4. The minimum Gasteiger partial charge on any atom is -0.410 e. The molecule has 0 atom stereocenters. The number of fused-ring (bicyclic) bond motifs is 1. The number of halogens is 2. The third-order valence-corrected chi connectivity index (χ3v) is 4.29. The van der Waals surface area contributed by atoms with Crippen LogP contribution >= 0.6 is 0 Å². The minimum absolute atomic E-state index is 0.243. The number of nitrogens with one attached hydrogen (secondary N) is 1. The lowest BCUT2D eigenvalue weighted by atomic mass is 10.1. The van der Waals surface area contributed by atoms with Crippen molar-refractivity contribution in [2.24, 2.45) is 0 Å². The van der Waals surface area contributed by atoms with Gasteiger partial charge in [-0.2, -0.15) is 5.10 Å². The van der Waals surface area contributed by atoms with Gasteiger partial charge >= 0.3 is 0 Å². The Morgan fingerprint density at radius 2 is 2.04 bits per heavy atom. The van der Waals surface area contributed by atoms with Crippen LogP contribution in [-0.2, 0) is 17.7 Å². The number of hydrogen-bond acceptors (Lipinski definition) is 3. The molecule has 6 heteroatoms. The first-order valence-electron chi connectivity index (χ1n) is 8.17. The fourth-order valence-electron chi connectivity index (χ4n) is 2.99. The van der Waals surface area contributed by atoms with Crippen molar-refractivity contribution in [2.75, 3.05) is 13.1 Å². The molecule has 3 aromatic rings. The summed E-state index contributed by atoms with van der Waals surface area (Å²) >= 11 is 0. The van der Waals surface area contributed by atoms with Gasteiger partial charge in [-0.25, -0.2) is 8.78 Å². The summed E-state index contributed by atoms with van der Waals surface area (Å²) in [5, 5.41) is 10.3. The van der Waals surface area contributed by atoms with Crippen molar-refractivity contribution in [3.05, 3.63) is 77.2 Å². The van der Waals surface area contributed by atoms with Gasteiger partial charge in [0.15, 0.2) is 0 Å². The number of aromatic nitrogens is 2. The molecule has 0 bridgehead atoms. The molecule has 0 amide bonds. The first-order chi connectivity index (χ1) is 12.2. The van der Waals surface area contributed by atoms with Crippen LogP contribution in [0.3, 0.4) is 0 Å². The van der Waals surface area contributed by atoms with Crippen molar-refractivity contribution < 1.29 is 13.6 Å². The van der Waals surface area contributed by atoms with Crippen LogP contribution in [0, 0.1) is 11.6 Å². The van der Waals surface area contributed by atoms with Crippen LogP contribution in [0.1, 0.15) is 11.3 Å². The first-order valence-corrected chi connectivity index (χ1v) is 8.17. The summed E-state index contributed by atoms with van der Waals surface area (Å²) in [4.78, 5) is 5.74. The predicted molar refractivity (Wildman–Crippen MR) is 90.6 cm³/mol. The average molecular weight is 341 g/mol. The number of hydroxylamine groups is 2. The van der Waals surface area contributed by atoms with Gasteiger partial charge in [-0.05, 0) is 35.9 Å². The van der Waals surface area contributed by atoms with E-state index in [0.717, 1.165) is 35.2 Å². The predicted octanol–water partition coefficient (Wildman–Crippen LogP) is 3.76. The standard InChI is InChI=1S/C19H17F2N3O/c20-14-5-6-17(21)13(11-14)12-15-7-9-24(25-15)10-8-19-16-3-1-2-4-18(16)22-23-19/h1-7,11H,8-10,12H2,(H,22,23). The lowest BCUT2D eigenvalue weighted by Crippen LogP contribution is -2.22. The quantitative estimate of drug-likeness (QED) is 0.768. The number of hydrogen-bond donors (Lipinski definition) is 1. The van der Waals surface area contributed by atoms with E-state index in [4.69, 9.17) is 4.84 Å². The summed E-state index contributed by atoms with van der Waals surface area (Å²) in [5.41, 5.74) is 2.30. The molecular weight excluding hydrogens is 324 g/mol. The molecule has 0 saturated heterocycles. The van der Waals surface area contributed by atoms with Gasteiger partial charge in [0, 0.05) is 30.5 Å². The lowest BCUT2D eigenvalue weighted by Gasteiger charge is -2.16.